The molecule has 128 valence electrons. The first-order valence-corrected chi connectivity index (χ1v) is 8.88. The van der Waals surface area contributed by atoms with Crippen LogP contribution in [-0.4, -0.2) is 46.0 Å². The second-order valence-corrected chi connectivity index (χ2v) is 6.70. The van der Waals surface area contributed by atoms with Crippen LogP contribution in [0.4, 0.5) is 5.95 Å². The highest BCUT2D eigenvalue weighted by molar-refractivity contribution is 6.32. The summed E-state index contributed by atoms with van der Waals surface area (Å²) >= 11 is 6.60. The van der Waals surface area contributed by atoms with E-state index in [1.807, 2.05) is 24.3 Å². The first-order chi connectivity index (χ1) is 12.2. The van der Waals surface area contributed by atoms with Gasteiger partial charge in [-0.1, -0.05) is 29.8 Å². The van der Waals surface area contributed by atoms with E-state index in [9.17, 15) is 0 Å². The number of benzene rings is 1. The summed E-state index contributed by atoms with van der Waals surface area (Å²) in [5, 5.41) is 1.91. The van der Waals surface area contributed by atoms with Gasteiger partial charge in [-0.2, -0.15) is 0 Å². The maximum atomic E-state index is 6.60. The van der Waals surface area contributed by atoms with Crippen LogP contribution >= 0.6 is 11.6 Å². The summed E-state index contributed by atoms with van der Waals surface area (Å²) < 4.78 is 0. The van der Waals surface area contributed by atoms with E-state index >= 15 is 0 Å². The minimum atomic E-state index is 0.772. The molecule has 0 atom stereocenters. The molecule has 0 unspecified atom stereocenters. The number of aryl methyl sites for hydroxylation is 1. The molecule has 3 heterocycles. The van der Waals surface area contributed by atoms with Gasteiger partial charge >= 0.3 is 0 Å². The molecule has 0 radical (unpaired) electrons. The van der Waals surface area contributed by atoms with Crippen LogP contribution in [0.1, 0.15) is 11.3 Å². The molecular weight excluding hydrogens is 334 g/mol. The average Bonchev–Trinajstić information content (AvgIpc) is 2.67. The molecular formula is C19H20ClN5. The lowest BCUT2D eigenvalue weighted by atomic mass is 10.1. The molecule has 1 aromatic carbocycles. The summed E-state index contributed by atoms with van der Waals surface area (Å²) in [7, 11) is 0. The normalized spacial score (nSPS) is 15.7. The number of anilines is 1. The molecule has 0 bridgehead atoms. The fraction of sp³-hybridized carbons (Fsp3) is 0.316. The fourth-order valence-electron chi connectivity index (χ4n) is 3.29. The van der Waals surface area contributed by atoms with Gasteiger partial charge in [-0.25, -0.2) is 15.0 Å². The summed E-state index contributed by atoms with van der Waals surface area (Å²) in [4.78, 5) is 18.1. The van der Waals surface area contributed by atoms with Gasteiger partial charge in [-0.05, 0) is 24.6 Å². The van der Waals surface area contributed by atoms with E-state index in [0.717, 1.165) is 65.9 Å². The van der Waals surface area contributed by atoms with E-state index in [-0.39, 0.29) is 0 Å². The summed E-state index contributed by atoms with van der Waals surface area (Å²) in [5.74, 6) is 0.805. The van der Waals surface area contributed by atoms with Crippen molar-refractivity contribution in [1.29, 1.82) is 0 Å². The fourth-order valence-corrected chi connectivity index (χ4v) is 3.50. The number of piperazine rings is 1. The van der Waals surface area contributed by atoms with Crippen LogP contribution in [0.25, 0.3) is 10.9 Å². The van der Waals surface area contributed by atoms with Crippen LogP contribution < -0.4 is 4.90 Å². The van der Waals surface area contributed by atoms with E-state index < -0.39 is 0 Å². The molecule has 2 aromatic heterocycles. The Balaban J connectivity index is 1.49. The third kappa shape index (κ3) is 3.30. The van der Waals surface area contributed by atoms with Gasteiger partial charge in [0, 0.05) is 50.5 Å². The molecule has 6 heteroatoms. The molecule has 0 N–H and O–H groups in total. The van der Waals surface area contributed by atoms with Crippen molar-refractivity contribution in [2.75, 3.05) is 31.1 Å². The zero-order valence-electron chi connectivity index (χ0n) is 14.2. The Kier molecular flexibility index (Phi) is 4.51. The Bertz CT molecular complexity index is 876. The van der Waals surface area contributed by atoms with Crippen molar-refractivity contribution in [3.8, 4) is 0 Å². The SMILES string of the molecule is Cc1c(Cl)c(CN2CCN(c3ncccn3)CC2)nc2ccccc12. The number of hydrogen-bond acceptors (Lipinski definition) is 5. The molecule has 5 nitrogen and oxygen atoms in total. The summed E-state index contributed by atoms with van der Waals surface area (Å²) in [6.45, 7) is 6.56. The molecule has 1 fully saturated rings. The molecule has 3 aromatic rings. The zero-order chi connectivity index (χ0) is 17.2. The predicted molar refractivity (Wildman–Crippen MR) is 101 cm³/mol. The van der Waals surface area contributed by atoms with E-state index in [1.54, 1.807) is 12.4 Å². The van der Waals surface area contributed by atoms with Gasteiger partial charge in [0.15, 0.2) is 0 Å². The van der Waals surface area contributed by atoms with Gasteiger partial charge < -0.3 is 4.90 Å². The van der Waals surface area contributed by atoms with Crippen LogP contribution in [0.3, 0.4) is 0 Å². The van der Waals surface area contributed by atoms with Crippen molar-refractivity contribution in [1.82, 2.24) is 19.9 Å². The maximum Gasteiger partial charge on any atom is 0.225 e. The Hall–Kier alpha value is -2.24. The van der Waals surface area contributed by atoms with Gasteiger partial charge in [-0.3, -0.25) is 4.90 Å². The number of rotatable bonds is 3. The minimum absolute atomic E-state index is 0.772. The van der Waals surface area contributed by atoms with Crippen LogP contribution in [-0.2, 0) is 6.54 Å². The Morgan fingerprint density at radius 2 is 1.72 bits per heavy atom. The van der Waals surface area contributed by atoms with Crippen molar-refractivity contribution in [2.24, 2.45) is 0 Å². The lowest BCUT2D eigenvalue weighted by molar-refractivity contribution is 0.246. The van der Waals surface area contributed by atoms with E-state index in [0.29, 0.717) is 0 Å². The van der Waals surface area contributed by atoms with Crippen molar-refractivity contribution in [2.45, 2.75) is 13.5 Å². The second kappa shape index (κ2) is 6.94. The molecule has 25 heavy (non-hydrogen) atoms. The number of fused-ring (bicyclic) bond motifs is 1. The Morgan fingerprint density at radius 3 is 2.48 bits per heavy atom. The standard InChI is InChI=1S/C19H20ClN5/c1-14-15-5-2-3-6-16(15)23-17(18(14)20)13-24-9-11-25(12-10-24)19-21-7-4-8-22-19/h2-8H,9-13H2,1H3. The molecule has 1 saturated heterocycles. The van der Waals surface area contributed by atoms with E-state index in [2.05, 4.69) is 32.8 Å². The van der Waals surface area contributed by atoms with Crippen LogP contribution in [0.5, 0.6) is 0 Å². The average molecular weight is 354 g/mol. The van der Waals surface area contributed by atoms with E-state index in [4.69, 9.17) is 16.6 Å². The lowest BCUT2D eigenvalue weighted by Crippen LogP contribution is -2.46. The van der Waals surface area contributed by atoms with Crippen LogP contribution in [0.2, 0.25) is 5.02 Å². The number of nitrogens with zero attached hydrogens (tertiary/aromatic N) is 5. The second-order valence-electron chi connectivity index (χ2n) is 6.33. The summed E-state index contributed by atoms with van der Waals surface area (Å²) in [5.41, 5.74) is 3.08. The highest BCUT2D eigenvalue weighted by Gasteiger charge is 2.20. The quantitative estimate of drug-likeness (QED) is 0.722. The van der Waals surface area contributed by atoms with Crippen molar-refractivity contribution >= 4 is 28.5 Å². The minimum Gasteiger partial charge on any atom is -0.338 e. The Labute approximate surface area is 152 Å². The van der Waals surface area contributed by atoms with Crippen LogP contribution in [0, 0.1) is 6.92 Å². The molecule has 1 aliphatic rings. The van der Waals surface area contributed by atoms with Crippen molar-refractivity contribution in [3.63, 3.8) is 0 Å². The largest absolute Gasteiger partial charge is 0.338 e. The number of para-hydroxylation sites is 1. The van der Waals surface area contributed by atoms with E-state index in [1.165, 1.54) is 0 Å². The monoisotopic (exact) mass is 353 g/mol. The zero-order valence-corrected chi connectivity index (χ0v) is 14.9. The molecule has 1 aliphatic heterocycles. The highest BCUT2D eigenvalue weighted by Crippen LogP contribution is 2.28. The van der Waals surface area contributed by atoms with Gasteiger partial charge in [0.2, 0.25) is 5.95 Å². The lowest BCUT2D eigenvalue weighted by Gasteiger charge is -2.34. The van der Waals surface area contributed by atoms with Crippen molar-refractivity contribution < 1.29 is 0 Å². The topological polar surface area (TPSA) is 45.2 Å². The molecule has 4 rings (SSSR count). The first-order valence-electron chi connectivity index (χ1n) is 8.50. The summed E-state index contributed by atoms with van der Waals surface area (Å²) in [6.07, 6.45) is 3.58. The maximum absolute atomic E-state index is 6.60. The molecule has 0 saturated carbocycles. The predicted octanol–water partition coefficient (Wildman–Crippen LogP) is 3.31. The van der Waals surface area contributed by atoms with Gasteiger partial charge in [0.05, 0.1) is 16.2 Å². The van der Waals surface area contributed by atoms with Crippen LogP contribution in [0.15, 0.2) is 42.7 Å². The first kappa shape index (κ1) is 16.2. The molecule has 0 aliphatic carbocycles. The number of halogens is 1. The number of aromatic nitrogens is 3. The molecule has 0 amide bonds. The van der Waals surface area contributed by atoms with Gasteiger partial charge in [-0.15, -0.1) is 0 Å². The third-order valence-corrected chi connectivity index (χ3v) is 5.23. The summed E-state index contributed by atoms with van der Waals surface area (Å²) in [6, 6.07) is 10.0. The van der Waals surface area contributed by atoms with Crippen molar-refractivity contribution in [3.05, 3.63) is 59.0 Å². The third-order valence-electron chi connectivity index (χ3n) is 4.73. The number of pyridine rings is 1. The van der Waals surface area contributed by atoms with Gasteiger partial charge in [0.1, 0.15) is 0 Å². The number of hydrogen-bond donors (Lipinski definition) is 0. The smallest absolute Gasteiger partial charge is 0.225 e. The van der Waals surface area contributed by atoms with Gasteiger partial charge in [0.25, 0.3) is 0 Å². The Morgan fingerprint density at radius 1 is 1.00 bits per heavy atom. The molecule has 0 spiro atoms. The highest BCUT2D eigenvalue weighted by atomic mass is 35.5.